The monoisotopic (exact) mass is 329 g/mol. The summed E-state index contributed by atoms with van der Waals surface area (Å²) in [6.07, 6.45) is 2.29. The third-order valence-electron chi connectivity index (χ3n) is 4.28. The van der Waals surface area contributed by atoms with E-state index in [1.165, 1.54) is 37.1 Å². The summed E-state index contributed by atoms with van der Waals surface area (Å²) in [5.74, 6) is -0.271. The molecule has 3 nitrogen and oxygen atoms in total. The van der Waals surface area contributed by atoms with Gasteiger partial charge in [0, 0.05) is 13.1 Å². The molecular formula is C17H22F3NO2. The summed E-state index contributed by atoms with van der Waals surface area (Å²) in [7, 11) is 1.82. The molecule has 1 aromatic rings. The van der Waals surface area contributed by atoms with Crippen LogP contribution >= 0.6 is 0 Å². The quantitative estimate of drug-likeness (QED) is 0.771. The molecule has 0 spiro atoms. The lowest BCUT2D eigenvalue weighted by Crippen LogP contribution is -2.37. The van der Waals surface area contributed by atoms with E-state index in [2.05, 4.69) is 4.74 Å². The molecule has 0 heterocycles. The van der Waals surface area contributed by atoms with E-state index in [9.17, 15) is 18.0 Å². The first kappa shape index (κ1) is 17.6. The summed E-state index contributed by atoms with van der Waals surface area (Å²) in [6, 6.07) is 5.75. The molecule has 1 aliphatic carbocycles. The highest BCUT2D eigenvalue weighted by atomic mass is 19.4. The van der Waals surface area contributed by atoms with Gasteiger partial charge in [0.05, 0.1) is 6.42 Å². The molecule has 0 N–H and O–H groups in total. The zero-order valence-electron chi connectivity index (χ0n) is 13.2. The summed E-state index contributed by atoms with van der Waals surface area (Å²) in [4.78, 5) is 14.1. The van der Waals surface area contributed by atoms with Crippen LogP contribution in [-0.4, -0.2) is 30.3 Å². The van der Waals surface area contributed by atoms with Crippen LogP contribution in [0.15, 0.2) is 24.3 Å². The Morgan fingerprint density at radius 3 is 2.22 bits per heavy atom. The number of carbonyl (C=O) groups is 1. The van der Waals surface area contributed by atoms with Crippen molar-refractivity contribution in [1.82, 2.24) is 4.90 Å². The topological polar surface area (TPSA) is 29.5 Å². The Morgan fingerprint density at radius 1 is 1.13 bits per heavy atom. The Bertz CT molecular complexity index is 506. The summed E-state index contributed by atoms with van der Waals surface area (Å²) in [5, 5.41) is 0. The van der Waals surface area contributed by atoms with Crippen LogP contribution in [0.2, 0.25) is 0 Å². The van der Waals surface area contributed by atoms with E-state index in [1.807, 2.05) is 7.05 Å². The van der Waals surface area contributed by atoms with Gasteiger partial charge in [-0.2, -0.15) is 0 Å². The van der Waals surface area contributed by atoms with Gasteiger partial charge in [0.25, 0.3) is 0 Å². The first-order chi connectivity index (χ1) is 10.8. The van der Waals surface area contributed by atoms with Gasteiger partial charge in [-0.3, -0.25) is 4.79 Å². The van der Waals surface area contributed by atoms with Crippen molar-refractivity contribution >= 4 is 5.91 Å². The van der Waals surface area contributed by atoms with E-state index in [0.717, 1.165) is 25.7 Å². The van der Waals surface area contributed by atoms with Gasteiger partial charge < -0.3 is 9.64 Å². The fraction of sp³-hybridized carbons (Fsp3) is 0.588. The van der Waals surface area contributed by atoms with Crippen molar-refractivity contribution in [3.63, 3.8) is 0 Å². The highest BCUT2D eigenvalue weighted by molar-refractivity contribution is 5.78. The van der Waals surface area contributed by atoms with Crippen molar-refractivity contribution < 1.29 is 22.7 Å². The predicted octanol–water partition coefficient (Wildman–Crippen LogP) is 4.31. The maximum absolute atomic E-state index is 12.4. The van der Waals surface area contributed by atoms with E-state index >= 15 is 0 Å². The second-order valence-electron chi connectivity index (χ2n) is 6.02. The van der Waals surface area contributed by atoms with Gasteiger partial charge in [-0.15, -0.1) is 13.2 Å². The lowest BCUT2D eigenvalue weighted by Gasteiger charge is -2.27. The van der Waals surface area contributed by atoms with Crippen molar-refractivity contribution in [2.24, 2.45) is 0 Å². The van der Waals surface area contributed by atoms with Crippen LogP contribution in [0, 0.1) is 0 Å². The van der Waals surface area contributed by atoms with Crippen LogP contribution in [0.3, 0.4) is 0 Å². The molecule has 2 rings (SSSR count). The van der Waals surface area contributed by atoms with Gasteiger partial charge in [0.2, 0.25) is 5.91 Å². The van der Waals surface area contributed by atoms with Crippen molar-refractivity contribution in [2.75, 3.05) is 7.05 Å². The smallest absolute Gasteiger partial charge is 0.406 e. The molecular weight excluding hydrogens is 307 g/mol. The molecule has 0 saturated heterocycles. The minimum absolute atomic E-state index is 0.00129. The van der Waals surface area contributed by atoms with E-state index in [0.29, 0.717) is 5.56 Å². The largest absolute Gasteiger partial charge is 0.573 e. The standard InChI is InChI=1S/C17H22F3NO2/c1-21(14-6-4-2-3-5-7-14)16(22)12-13-8-10-15(11-9-13)23-17(18,19)20/h8-11,14H,2-7,12H2,1H3. The van der Waals surface area contributed by atoms with Crippen LogP contribution in [0.5, 0.6) is 5.75 Å². The molecule has 0 aromatic heterocycles. The molecule has 128 valence electrons. The number of rotatable bonds is 4. The Balaban J connectivity index is 1.91. The van der Waals surface area contributed by atoms with Crippen LogP contribution in [-0.2, 0) is 11.2 Å². The van der Waals surface area contributed by atoms with Gasteiger partial charge >= 0.3 is 6.36 Å². The number of amides is 1. The second-order valence-corrected chi connectivity index (χ2v) is 6.02. The fourth-order valence-electron chi connectivity index (χ4n) is 2.96. The second kappa shape index (κ2) is 7.70. The fourth-order valence-corrected chi connectivity index (χ4v) is 2.96. The number of nitrogens with zero attached hydrogens (tertiary/aromatic N) is 1. The minimum Gasteiger partial charge on any atom is -0.406 e. The maximum atomic E-state index is 12.4. The van der Waals surface area contributed by atoms with Crippen molar-refractivity contribution in [3.05, 3.63) is 29.8 Å². The van der Waals surface area contributed by atoms with Crippen molar-refractivity contribution in [1.29, 1.82) is 0 Å². The van der Waals surface area contributed by atoms with Crippen LogP contribution in [0.4, 0.5) is 13.2 Å². The van der Waals surface area contributed by atoms with Gasteiger partial charge in [-0.25, -0.2) is 0 Å². The predicted molar refractivity (Wildman–Crippen MR) is 81.1 cm³/mol. The zero-order valence-corrected chi connectivity index (χ0v) is 13.2. The highest BCUT2D eigenvalue weighted by Crippen LogP contribution is 2.24. The molecule has 0 aliphatic heterocycles. The van der Waals surface area contributed by atoms with Gasteiger partial charge in [0.1, 0.15) is 5.75 Å². The third-order valence-corrected chi connectivity index (χ3v) is 4.28. The maximum Gasteiger partial charge on any atom is 0.573 e. The summed E-state index contributed by atoms with van der Waals surface area (Å²) in [6.45, 7) is 0. The number of hydrogen-bond acceptors (Lipinski definition) is 2. The molecule has 1 aromatic carbocycles. The van der Waals surface area contributed by atoms with Crippen LogP contribution in [0.1, 0.15) is 44.1 Å². The number of alkyl halides is 3. The molecule has 1 amide bonds. The first-order valence-electron chi connectivity index (χ1n) is 7.95. The van der Waals surface area contributed by atoms with Gasteiger partial charge in [-0.1, -0.05) is 37.8 Å². The number of carbonyl (C=O) groups excluding carboxylic acids is 1. The number of hydrogen-bond donors (Lipinski definition) is 0. The molecule has 1 aliphatic rings. The lowest BCUT2D eigenvalue weighted by atomic mass is 10.1. The molecule has 1 fully saturated rings. The lowest BCUT2D eigenvalue weighted by molar-refractivity contribution is -0.274. The Kier molecular flexibility index (Phi) is 5.91. The zero-order chi connectivity index (χ0) is 16.9. The average molecular weight is 329 g/mol. The Morgan fingerprint density at radius 2 is 1.70 bits per heavy atom. The molecule has 0 atom stereocenters. The average Bonchev–Trinajstić information content (AvgIpc) is 2.76. The van der Waals surface area contributed by atoms with Gasteiger partial charge in [0.15, 0.2) is 0 Å². The molecule has 6 heteroatoms. The molecule has 23 heavy (non-hydrogen) atoms. The molecule has 1 saturated carbocycles. The third kappa shape index (κ3) is 5.77. The summed E-state index contributed by atoms with van der Waals surface area (Å²) in [5.41, 5.74) is 0.685. The molecule has 0 unspecified atom stereocenters. The van der Waals surface area contributed by atoms with Crippen molar-refractivity contribution in [3.8, 4) is 5.75 Å². The van der Waals surface area contributed by atoms with Crippen LogP contribution in [0.25, 0.3) is 0 Å². The SMILES string of the molecule is CN(C(=O)Cc1ccc(OC(F)(F)F)cc1)C1CCCCCC1. The minimum atomic E-state index is -4.70. The highest BCUT2D eigenvalue weighted by Gasteiger charge is 2.31. The molecule has 0 bridgehead atoms. The molecule has 0 radical (unpaired) electrons. The Labute approximate surface area is 134 Å². The number of ether oxygens (including phenoxy) is 1. The Hall–Kier alpha value is -1.72. The summed E-state index contributed by atoms with van der Waals surface area (Å²) < 4.78 is 40.2. The van der Waals surface area contributed by atoms with E-state index in [4.69, 9.17) is 0 Å². The van der Waals surface area contributed by atoms with E-state index < -0.39 is 6.36 Å². The number of benzene rings is 1. The first-order valence-corrected chi connectivity index (χ1v) is 7.95. The normalized spacial score (nSPS) is 16.7. The van der Waals surface area contributed by atoms with Crippen LogP contribution < -0.4 is 4.74 Å². The van der Waals surface area contributed by atoms with E-state index in [1.54, 1.807) is 4.90 Å². The van der Waals surface area contributed by atoms with E-state index in [-0.39, 0.29) is 24.1 Å². The number of likely N-dealkylation sites (N-methyl/N-ethyl adjacent to an activating group) is 1. The van der Waals surface area contributed by atoms with Crippen molar-refractivity contribution in [2.45, 2.75) is 57.3 Å². The van der Waals surface area contributed by atoms with Gasteiger partial charge in [-0.05, 0) is 30.5 Å². The summed E-state index contributed by atoms with van der Waals surface area (Å²) >= 11 is 0. The number of halogens is 3.